The number of benzene rings is 1. The Bertz CT molecular complexity index is 510. The van der Waals surface area contributed by atoms with E-state index in [1.807, 2.05) is 37.5 Å². The van der Waals surface area contributed by atoms with Gasteiger partial charge in [-0.2, -0.15) is 5.10 Å². The first-order valence-electron chi connectivity index (χ1n) is 5.25. The highest BCUT2D eigenvalue weighted by atomic mass is 79.9. The van der Waals surface area contributed by atoms with Crippen LogP contribution in [0.2, 0.25) is 0 Å². The molecule has 0 saturated heterocycles. The Balaban J connectivity index is 2.04. The predicted molar refractivity (Wildman–Crippen MR) is 71.2 cm³/mol. The van der Waals surface area contributed by atoms with Crippen molar-refractivity contribution in [1.29, 1.82) is 0 Å². The molecule has 0 saturated carbocycles. The Morgan fingerprint density at radius 2 is 2.24 bits per heavy atom. The van der Waals surface area contributed by atoms with Crippen LogP contribution in [0, 0.1) is 0 Å². The van der Waals surface area contributed by atoms with E-state index in [0.29, 0.717) is 6.54 Å². The average molecular weight is 296 g/mol. The third-order valence-electron chi connectivity index (χ3n) is 2.39. The number of aromatic nitrogens is 2. The second kappa shape index (κ2) is 5.23. The zero-order chi connectivity index (χ0) is 12.3. The monoisotopic (exact) mass is 295 g/mol. The Morgan fingerprint density at radius 1 is 1.41 bits per heavy atom. The van der Waals surface area contributed by atoms with E-state index in [1.165, 1.54) is 0 Å². The van der Waals surface area contributed by atoms with Gasteiger partial charge in [0.25, 0.3) is 0 Å². The SMILES string of the molecule is COc1cc(NCc2ccn(C)n2)ccc1Br. The zero-order valence-corrected chi connectivity index (χ0v) is 11.4. The molecule has 17 heavy (non-hydrogen) atoms. The van der Waals surface area contributed by atoms with E-state index < -0.39 is 0 Å². The van der Waals surface area contributed by atoms with E-state index in [4.69, 9.17) is 4.74 Å². The van der Waals surface area contributed by atoms with Crippen LogP contribution in [0.25, 0.3) is 0 Å². The van der Waals surface area contributed by atoms with Gasteiger partial charge in [-0.25, -0.2) is 0 Å². The highest BCUT2D eigenvalue weighted by Crippen LogP contribution is 2.27. The number of aryl methyl sites for hydroxylation is 1. The fourth-order valence-electron chi connectivity index (χ4n) is 1.52. The van der Waals surface area contributed by atoms with Crippen molar-refractivity contribution in [2.45, 2.75) is 6.54 Å². The van der Waals surface area contributed by atoms with Crippen LogP contribution in [0.1, 0.15) is 5.69 Å². The topological polar surface area (TPSA) is 39.1 Å². The summed E-state index contributed by atoms with van der Waals surface area (Å²) in [7, 11) is 3.56. The molecule has 0 fully saturated rings. The van der Waals surface area contributed by atoms with Gasteiger partial charge in [0.2, 0.25) is 0 Å². The lowest BCUT2D eigenvalue weighted by atomic mass is 10.3. The number of hydrogen-bond donors (Lipinski definition) is 1. The van der Waals surface area contributed by atoms with E-state index in [1.54, 1.807) is 11.8 Å². The summed E-state index contributed by atoms with van der Waals surface area (Å²) >= 11 is 3.42. The first-order valence-corrected chi connectivity index (χ1v) is 6.04. The van der Waals surface area contributed by atoms with Crippen molar-refractivity contribution in [2.24, 2.45) is 7.05 Å². The summed E-state index contributed by atoms with van der Waals surface area (Å²) in [5.41, 5.74) is 2.02. The lowest BCUT2D eigenvalue weighted by molar-refractivity contribution is 0.412. The summed E-state index contributed by atoms with van der Waals surface area (Å²) in [5.74, 6) is 0.816. The number of nitrogens with one attached hydrogen (secondary N) is 1. The summed E-state index contributed by atoms with van der Waals surface area (Å²) in [4.78, 5) is 0. The van der Waals surface area contributed by atoms with Crippen molar-refractivity contribution in [3.05, 3.63) is 40.6 Å². The molecule has 1 N–H and O–H groups in total. The molecule has 1 heterocycles. The van der Waals surface area contributed by atoms with E-state index in [2.05, 4.69) is 26.3 Å². The van der Waals surface area contributed by atoms with Crippen LogP contribution >= 0.6 is 15.9 Å². The van der Waals surface area contributed by atoms with Gasteiger partial charge in [-0.15, -0.1) is 0 Å². The van der Waals surface area contributed by atoms with E-state index in [9.17, 15) is 0 Å². The molecule has 5 heteroatoms. The number of rotatable bonds is 4. The molecule has 0 bridgehead atoms. The van der Waals surface area contributed by atoms with Gasteiger partial charge in [-0.05, 0) is 34.1 Å². The molecule has 2 rings (SSSR count). The van der Waals surface area contributed by atoms with Crippen LogP contribution in [0.3, 0.4) is 0 Å². The van der Waals surface area contributed by atoms with Crippen LogP contribution in [0.5, 0.6) is 5.75 Å². The lowest BCUT2D eigenvalue weighted by Crippen LogP contribution is -2.01. The van der Waals surface area contributed by atoms with Crippen molar-refractivity contribution in [3.63, 3.8) is 0 Å². The van der Waals surface area contributed by atoms with Crippen molar-refractivity contribution in [1.82, 2.24) is 9.78 Å². The highest BCUT2D eigenvalue weighted by molar-refractivity contribution is 9.10. The maximum Gasteiger partial charge on any atom is 0.135 e. The van der Waals surface area contributed by atoms with Gasteiger partial charge in [-0.3, -0.25) is 4.68 Å². The van der Waals surface area contributed by atoms with Crippen LogP contribution in [-0.2, 0) is 13.6 Å². The molecule has 0 aliphatic carbocycles. The molecule has 0 atom stereocenters. The second-order valence-electron chi connectivity index (χ2n) is 3.68. The number of nitrogens with zero attached hydrogens (tertiary/aromatic N) is 2. The predicted octanol–water partition coefficient (Wildman–Crippen LogP) is 2.80. The highest BCUT2D eigenvalue weighted by Gasteiger charge is 2.02. The van der Waals surface area contributed by atoms with Gasteiger partial charge < -0.3 is 10.1 Å². The molecule has 2 aromatic rings. The van der Waals surface area contributed by atoms with Gasteiger partial charge in [0.05, 0.1) is 23.8 Å². The van der Waals surface area contributed by atoms with Crippen molar-refractivity contribution in [3.8, 4) is 5.75 Å². The quantitative estimate of drug-likeness (QED) is 0.943. The second-order valence-corrected chi connectivity index (χ2v) is 4.54. The molecule has 0 aliphatic heterocycles. The van der Waals surface area contributed by atoms with Crippen molar-refractivity contribution >= 4 is 21.6 Å². The van der Waals surface area contributed by atoms with Crippen molar-refractivity contribution in [2.75, 3.05) is 12.4 Å². The third-order valence-corrected chi connectivity index (χ3v) is 3.05. The van der Waals surface area contributed by atoms with Gasteiger partial charge in [-0.1, -0.05) is 0 Å². The standard InChI is InChI=1S/C12H14BrN3O/c1-16-6-5-10(15-16)8-14-9-3-4-11(13)12(7-9)17-2/h3-7,14H,8H2,1-2H3. The summed E-state index contributed by atoms with van der Waals surface area (Å²) in [5, 5.41) is 7.60. The van der Waals surface area contributed by atoms with Crippen molar-refractivity contribution < 1.29 is 4.74 Å². The maximum absolute atomic E-state index is 5.24. The summed E-state index contributed by atoms with van der Waals surface area (Å²) in [6.45, 7) is 0.700. The van der Waals surface area contributed by atoms with Crippen LogP contribution in [-0.4, -0.2) is 16.9 Å². The Hall–Kier alpha value is -1.49. The minimum atomic E-state index is 0.700. The molecule has 0 amide bonds. The van der Waals surface area contributed by atoms with E-state index >= 15 is 0 Å². The largest absolute Gasteiger partial charge is 0.495 e. The first-order chi connectivity index (χ1) is 8.19. The number of methoxy groups -OCH3 is 1. The first kappa shape index (κ1) is 12.0. The Morgan fingerprint density at radius 3 is 2.88 bits per heavy atom. The summed E-state index contributed by atoms with van der Waals surface area (Å²) in [6.07, 6.45) is 1.93. The van der Waals surface area contributed by atoms with Gasteiger partial charge in [0.1, 0.15) is 5.75 Å². The van der Waals surface area contributed by atoms with Gasteiger partial charge >= 0.3 is 0 Å². The normalized spacial score (nSPS) is 10.3. The minimum Gasteiger partial charge on any atom is -0.495 e. The molecule has 0 aliphatic rings. The van der Waals surface area contributed by atoms with Gasteiger partial charge in [0.15, 0.2) is 0 Å². The molecular weight excluding hydrogens is 282 g/mol. The molecule has 0 radical (unpaired) electrons. The third kappa shape index (κ3) is 3.00. The molecule has 1 aromatic heterocycles. The maximum atomic E-state index is 5.24. The number of ether oxygens (including phenoxy) is 1. The average Bonchev–Trinajstić information content (AvgIpc) is 2.74. The van der Waals surface area contributed by atoms with Crippen LogP contribution in [0.4, 0.5) is 5.69 Å². The molecule has 0 spiro atoms. The smallest absolute Gasteiger partial charge is 0.135 e. The zero-order valence-electron chi connectivity index (χ0n) is 9.77. The number of anilines is 1. The summed E-state index contributed by atoms with van der Waals surface area (Å²) < 4.78 is 7.97. The molecule has 90 valence electrons. The lowest BCUT2D eigenvalue weighted by Gasteiger charge is -2.08. The van der Waals surface area contributed by atoms with Gasteiger partial charge in [0, 0.05) is 25.0 Å². The molecule has 0 unspecified atom stereocenters. The fourth-order valence-corrected chi connectivity index (χ4v) is 1.93. The molecule has 1 aromatic carbocycles. The Kier molecular flexibility index (Phi) is 3.68. The van der Waals surface area contributed by atoms with E-state index in [-0.39, 0.29) is 0 Å². The van der Waals surface area contributed by atoms with Crippen LogP contribution < -0.4 is 10.1 Å². The minimum absolute atomic E-state index is 0.700. The van der Waals surface area contributed by atoms with E-state index in [0.717, 1.165) is 21.6 Å². The molecular formula is C12H14BrN3O. The fraction of sp³-hybridized carbons (Fsp3) is 0.250. The summed E-state index contributed by atoms with van der Waals surface area (Å²) in [6, 6.07) is 7.89. The Labute approximate surface area is 109 Å². The van der Waals surface area contributed by atoms with Crippen LogP contribution in [0.15, 0.2) is 34.9 Å². The number of hydrogen-bond acceptors (Lipinski definition) is 3. The molecule has 4 nitrogen and oxygen atoms in total. The number of halogens is 1.